The minimum Gasteiger partial charge on any atom is -1.00 e. The van der Waals surface area contributed by atoms with E-state index in [-0.39, 0.29) is 12.4 Å². The Balaban J connectivity index is 0. The first kappa shape index (κ1) is 2.32. The van der Waals surface area contributed by atoms with Crippen LogP contribution in [0.1, 0.15) is 154 Å². The second kappa shape index (κ2) is 16.6. The fourth-order valence-corrected chi connectivity index (χ4v) is 0.487. The van der Waals surface area contributed by atoms with E-state index >= 15 is 0 Å². The Kier molecular flexibility index (Phi) is 1.84. The highest BCUT2D eigenvalue weighted by molar-refractivity contribution is 4.49. The maximum atomic E-state index is 8.30. The molecule has 1 nitrogen and oxygen atoms in total. The Morgan fingerprint density at radius 1 is 0.619 bits per heavy atom. The molecule has 0 aliphatic heterocycles. The van der Waals surface area contributed by atoms with Crippen molar-refractivity contribution in [3.8, 4) is 0 Å². The molecule has 0 aliphatic rings. The number of rotatable bonds is 15. The van der Waals surface area contributed by atoms with Crippen LogP contribution in [0.3, 0.4) is 0 Å². The number of hydrogen-bond donors (Lipinski definition) is 0. The fraction of sp³-hybridized carbons (Fsp3) is 1.00. The van der Waals surface area contributed by atoms with Crippen molar-refractivity contribution in [3.05, 3.63) is 0 Å². The highest BCUT2D eigenvalue weighted by Crippen LogP contribution is 2.13. The molecule has 130 valence electrons. The van der Waals surface area contributed by atoms with E-state index in [2.05, 4.69) is 0 Å². The van der Waals surface area contributed by atoms with Crippen LogP contribution in [0.25, 0.3) is 0 Å². The molecule has 0 saturated carbocycles. The lowest BCUT2D eigenvalue weighted by atomic mass is 10.0. The second-order valence-electron chi connectivity index (χ2n) is 2.53. The first-order chi connectivity index (χ1) is 25.8. The molecule has 0 N–H and O–H groups in total. The number of hydrogen-bond acceptors (Lipinski definition) is 0. The van der Waals surface area contributed by atoms with Gasteiger partial charge in [0, 0.05) is 42.5 Å². The lowest BCUT2D eigenvalue weighted by Gasteiger charge is -2.23. The van der Waals surface area contributed by atoms with Crippen LogP contribution in [-0.2, 0) is 0 Å². The number of nitrogens with zero attached hydrogens (tertiary/aromatic N) is 1. The Labute approximate surface area is 200 Å². The van der Waals surface area contributed by atoms with Crippen LogP contribution in [0.4, 0.5) is 0 Å². The molecule has 0 bridgehead atoms. The average molecular weight is 362 g/mol. The van der Waals surface area contributed by atoms with E-state index in [9.17, 15) is 0 Å². The van der Waals surface area contributed by atoms with Gasteiger partial charge in [-0.3, -0.25) is 0 Å². The molecule has 0 aromatic rings. The third kappa shape index (κ3) is 22.7. The zero-order valence-corrected chi connectivity index (χ0v) is 11.1. The van der Waals surface area contributed by atoms with Crippen molar-refractivity contribution in [2.75, 3.05) is 27.4 Å². The SMILES string of the molecule is [2H]C([2H])([2H])C([2H])([2H])C([2H])([2H])C([2H])([2H])C([2H])([2H])C([2H])([2H])C([2H])([2H])C([2H])([2H])C([2H])([2H])C([2H])([2H])C([2H])([2H])C([2H])([2H])C([2H])([2H])C([2H])([2H])C([2H])([2H])C([2H])([2H])[N+](C([2H])([2H])[2H])(C([2H])([2H])[2H])C([2H])([2H])[2H].[Cl-]. The zero-order valence-electron chi connectivity index (χ0n) is 52.3. The molecule has 0 radical (unpaired) electrons. The molecule has 0 aromatic heterocycles. The fourth-order valence-electron chi connectivity index (χ4n) is 0.487. The molecule has 0 fully saturated rings. The summed E-state index contributed by atoms with van der Waals surface area (Å²) in [5, 5.41) is 0. The van der Waals surface area contributed by atoms with Crippen LogP contribution in [0.15, 0.2) is 0 Å². The summed E-state index contributed by atoms with van der Waals surface area (Å²) in [7, 11) is 0. The van der Waals surface area contributed by atoms with E-state index in [0.29, 0.717) is 0 Å². The van der Waals surface area contributed by atoms with Crippen LogP contribution in [-0.4, -0.2) is 31.9 Å². The van der Waals surface area contributed by atoms with Gasteiger partial charge in [-0.05, 0) is 12.7 Å². The van der Waals surface area contributed by atoms with E-state index in [1.165, 1.54) is 0 Å². The highest BCUT2D eigenvalue weighted by atomic mass is 35.5. The van der Waals surface area contributed by atoms with Crippen LogP contribution < -0.4 is 12.4 Å². The van der Waals surface area contributed by atoms with Crippen molar-refractivity contribution in [2.24, 2.45) is 0 Å². The summed E-state index contributed by atoms with van der Waals surface area (Å²) in [4.78, 5) is 0. The summed E-state index contributed by atoms with van der Waals surface area (Å²) in [5.41, 5.74) is 0. The van der Waals surface area contributed by atoms with Gasteiger partial charge in [-0.15, -0.1) is 0 Å². The van der Waals surface area contributed by atoms with E-state index in [1.807, 2.05) is 0 Å². The molecule has 2 heteroatoms. The monoisotopic (exact) mass is 362 g/mol. The molecular formula is C19H42ClN. The predicted octanol–water partition coefficient (Wildman–Crippen LogP) is 3.18. The summed E-state index contributed by atoms with van der Waals surface area (Å²) in [6.07, 6.45) is -72.8. The maximum absolute atomic E-state index is 8.30. The normalized spacial score (nSPS) is 53.7. The predicted molar refractivity (Wildman–Crippen MR) is 93.2 cm³/mol. The Bertz CT molecular complexity index is 1590. The third-order valence-corrected chi connectivity index (χ3v) is 1.04. The van der Waals surface area contributed by atoms with Gasteiger partial charge in [-0.1, -0.05) is 83.3 Å². The molecule has 0 unspecified atom stereocenters. The van der Waals surface area contributed by atoms with E-state index < -0.39 is 128 Å². The number of quaternary nitrogens is 1. The van der Waals surface area contributed by atoms with Gasteiger partial charge in [-0.25, -0.2) is 0 Å². The standard InChI is InChI=1S/C19H42N.ClH/c1-5-6-7-8-9-10-11-12-13-14-15-16-17-18-19-20(2,3)4;/h5-19H2,1-4H3;1H/q+1;/p-1/i1D3,2D3,3D3,4D3,5D2,6D2,7D2,8D2,9D2,10D2,11D2,12D2,13D2,14D2,15D2,16D2,17D2,18D2,19D2;. The van der Waals surface area contributed by atoms with Crippen LogP contribution in [0.2, 0.25) is 0 Å². The summed E-state index contributed by atoms with van der Waals surface area (Å²) >= 11 is 0. The first-order valence-corrected chi connectivity index (χ1v) is 4.64. The topological polar surface area (TPSA) is 0 Å². The zero-order chi connectivity index (χ0) is 52.0. The summed E-state index contributed by atoms with van der Waals surface area (Å²) < 4.78 is 332. The molecule has 0 heterocycles. The van der Waals surface area contributed by atoms with E-state index in [4.69, 9.17) is 57.6 Å². The molecule has 0 amide bonds. The molecular weight excluding hydrogens is 278 g/mol. The quantitative estimate of drug-likeness (QED) is 0.393. The first-order valence-electron chi connectivity index (χ1n) is 25.6. The van der Waals surface area contributed by atoms with Crippen molar-refractivity contribution in [2.45, 2.75) is 96.1 Å². The van der Waals surface area contributed by atoms with E-state index in [1.54, 1.807) is 0 Å². The number of halogens is 1. The van der Waals surface area contributed by atoms with Crippen molar-refractivity contribution in [1.82, 2.24) is 0 Å². The summed E-state index contributed by atoms with van der Waals surface area (Å²) in [6, 6.07) is 0. The molecule has 0 spiro atoms. The molecule has 0 atom stereocenters. The van der Waals surface area contributed by atoms with Crippen LogP contribution in [0, 0.1) is 0 Å². The Morgan fingerprint density at radius 2 is 1.00 bits per heavy atom. The minimum absolute atomic E-state index is 0. The van der Waals surface area contributed by atoms with Gasteiger partial charge in [-0.2, -0.15) is 0 Å². The van der Waals surface area contributed by atoms with Crippen molar-refractivity contribution >= 4 is 0 Å². The lowest BCUT2D eigenvalue weighted by molar-refractivity contribution is -0.870. The molecule has 0 aliphatic carbocycles. The van der Waals surface area contributed by atoms with Gasteiger partial charge in [0.2, 0.25) is 0 Å². The lowest BCUT2D eigenvalue weighted by Crippen LogP contribution is -3.00. The average Bonchev–Trinajstić information content (AvgIpc) is 2.96. The van der Waals surface area contributed by atoms with Gasteiger partial charge in [0.15, 0.2) is 0 Å². The Morgan fingerprint density at radius 3 is 1.38 bits per heavy atom. The summed E-state index contributed by atoms with van der Waals surface area (Å²) in [6.45, 7) is -23.9. The molecule has 21 heavy (non-hydrogen) atoms. The van der Waals surface area contributed by atoms with Crippen molar-refractivity contribution < 1.29 is 74.5 Å². The van der Waals surface area contributed by atoms with Gasteiger partial charge >= 0.3 is 0 Å². The molecule has 0 aromatic carbocycles. The highest BCUT2D eigenvalue weighted by Gasteiger charge is 2.04. The van der Waals surface area contributed by atoms with Gasteiger partial charge in [0.05, 0.1) is 42.5 Å². The van der Waals surface area contributed by atoms with Gasteiger partial charge < -0.3 is 16.9 Å². The smallest absolute Gasteiger partial charge is 0.0924 e. The second-order valence-corrected chi connectivity index (χ2v) is 2.53. The Hall–Kier alpha value is 0.250. The molecule has 0 rings (SSSR count). The minimum atomic E-state index is -5.40. The third-order valence-electron chi connectivity index (χ3n) is 1.04. The van der Waals surface area contributed by atoms with E-state index in [0.717, 1.165) is 0 Å². The van der Waals surface area contributed by atoms with Crippen LogP contribution in [0.5, 0.6) is 0 Å². The van der Waals surface area contributed by atoms with Crippen molar-refractivity contribution in [3.63, 3.8) is 0 Å². The van der Waals surface area contributed by atoms with Crippen LogP contribution >= 0.6 is 0 Å². The molecule has 0 saturated heterocycles. The van der Waals surface area contributed by atoms with Crippen molar-refractivity contribution in [1.29, 1.82) is 0 Å². The maximum Gasteiger partial charge on any atom is 0.0924 e. The largest absolute Gasteiger partial charge is 1.00 e. The van der Waals surface area contributed by atoms with Gasteiger partial charge in [0.1, 0.15) is 0 Å². The summed E-state index contributed by atoms with van der Waals surface area (Å²) in [5.74, 6) is 0. The van der Waals surface area contributed by atoms with Gasteiger partial charge in [0.25, 0.3) is 0 Å².